The van der Waals surface area contributed by atoms with Crippen LogP contribution in [-0.2, 0) is 15.8 Å². The standard InChI is InChI=1S/C21H15F3N4O4S2/c22-21(23,24)12-2-1-3-13(10-12)26-17(29)20(8-9-20)18(30)27-19-25-11-16(34-19)33-15-6-4-14(5-7-15)28(31)32/h1-7,10-11H,8-9H2,(H,26,29)(H,25,27,30). The van der Waals surface area contributed by atoms with Gasteiger partial charge < -0.3 is 10.6 Å². The number of aromatic nitrogens is 1. The van der Waals surface area contributed by atoms with Crippen molar-refractivity contribution in [3.63, 3.8) is 0 Å². The van der Waals surface area contributed by atoms with Crippen LogP contribution in [0.1, 0.15) is 18.4 Å². The number of halogens is 3. The lowest BCUT2D eigenvalue weighted by Crippen LogP contribution is -2.35. The monoisotopic (exact) mass is 508 g/mol. The molecule has 34 heavy (non-hydrogen) atoms. The lowest BCUT2D eigenvalue weighted by Gasteiger charge is -2.15. The minimum Gasteiger partial charge on any atom is -0.325 e. The minimum absolute atomic E-state index is 0.0280. The van der Waals surface area contributed by atoms with Crippen LogP contribution in [0.25, 0.3) is 0 Å². The fourth-order valence-electron chi connectivity index (χ4n) is 3.04. The molecule has 0 radical (unpaired) electrons. The van der Waals surface area contributed by atoms with E-state index in [1.165, 1.54) is 42.2 Å². The highest BCUT2D eigenvalue weighted by atomic mass is 32.2. The molecule has 0 bridgehead atoms. The van der Waals surface area contributed by atoms with Crippen LogP contribution >= 0.6 is 23.1 Å². The summed E-state index contributed by atoms with van der Waals surface area (Å²) in [6.45, 7) is 0. The summed E-state index contributed by atoms with van der Waals surface area (Å²) in [7, 11) is 0. The number of hydrogen-bond acceptors (Lipinski definition) is 7. The first kappa shape index (κ1) is 23.7. The lowest BCUT2D eigenvalue weighted by atomic mass is 10.0. The molecule has 2 aromatic carbocycles. The van der Waals surface area contributed by atoms with Gasteiger partial charge in [0, 0.05) is 22.7 Å². The van der Waals surface area contributed by atoms with Crippen LogP contribution in [0.15, 0.2) is 63.8 Å². The Bertz CT molecular complexity index is 1260. The third-order valence-electron chi connectivity index (χ3n) is 5.04. The quantitative estimate of drug-likeness (QED) is 0.245. The average molecular weight is 509 g/mol. The molecule has 1 heterocycles. The fourth-order valence-corrected chi connectivity index (χ4v) is 4.89. The van der Waals surface area contributed by atoms with E-state index in [1.807, 2.05) is 0 Å². The van der Waals surface area contributed by atoms with E-state index in [2.05, 4.69) is 15.6 Å². The van der Waals surface area contributed by atoms with Crippen molar-refractivity contribution in [1.82, 2.24) is 4.98 Å². The van der Waals surface area contributed by atoms with E-state index in [0.717, 1.165) is 28.4 Å². The Hall–Kier alpha value is -3.45. The van der Waals surface area contributed by atoms with Crippen LogP contribution in [-0.4, -0.2) is 21.7 Å². The number of benzene rings is 2. The molecule has 1 saturated carbocycles. The summed E-state index contributed by atoms with van der Waals surface area (Å²) >= 11 is 2.46. The highest BCUT2D eigenvalue weighted by Crippen LogP contribution is 2.48. The number of thiazole rings is 1. The molecule has 1 fully saturated rings. The van der Waals surface area contributed by atoms with E-state index in [9.17, 15) is 32.9 Å². The van der Waals surface area contributed by atoms with Crippen LogP contribution in [0.2, 0.25) is 0 Å². The first-order valence-electron chi connectivity index (χ1n) is 9.75. The number of nitro groups is 1. The van der Waals surface area contributed by atoms with Crippen molar-refractivity contribution in [1.29, 1.82) is 0 Å². The Morgan fingerprint density at radius 1 is 1.09 bits per heavy atom. The molecule has 13 heteroatoms. The third kappa shape index (κ3) is 5.20. The normalized spacial score (nSPS) is 14.3. The largest absolute Gasteiger partial charge is 0.416 e. The van der Waals surface area contributed by atoms with Crippen LogP contribution < -0.4 is 10.6 Å². The molecule has 0 saturated heterocycles. The van der Waals surface area contributed by atoms with Crippen molar-refractivity contribution in [2.45, 2.75) is 28.1 Å². The summed E-state index contributed by atoms with van der Waals surface area (Å²) in [5.41, 5.74) is -2.35. The summed E-state index contributed by atoms with van der Waals surface area (Å²) in [6, 6.07) is 10.2. The first-order chi connectivity index (χ1) is 16.1. The van der Waals surface area contributed by atoms with E-state index >= 15 is 0 Å². The van der Waals surface area contributed by atoms with E-state index in [4.69, 9.17) is 0 Å². The molecule has 8 nitrogen and oxygen atoms in total. The zero-order valence-electron chi connectivity index (χ0n) is 17.1. The predicted octanol–water partition coefficient (Wildman–Crippen LogP) is 5.58. The number of anilines is 2. The van der Waals surface area contributed by atoms with Crippen molar-refractivity contribution in [2.24, 2.45) is 5.41 Å². The second-order valence-electron chi connectivity index (χ2n) is 7.41. The van der Waals surface area contributed by atoms with Gasteiger partial charge >= 0.3 is 6.18 Å². The smallest absolute Gasteiger partial charge is 0.325 e. The summed E-state index contributed by atoms with van der Waals surface area (Å²) in [5, 5.41) is 16.0. The van der Waals surface area contributed by atoms with Crippen LogP contribution in [0.3, 0.4) is 0 Å². The van der Waals surface area contributed by atoms with Gasteiger partial charge in [0.15, 0.2) is 5.13 Å². The molecule has 2 N–H and O–H groups in total. The van der Waals surface area contributed by atoms with Crippen molar-refractivity contribution in [3.8, 4) is 0 Å². The van der Waals surface area contributed by atoms with Gasteiger partial charge in [-0.2, -0.15) is 13.2 Å². The number of hydrogen-bond donors (Lipinski definition) is 2. The van der Waals surface area contributed by atoms with Gasteiger partial charge in [0.25, 0.3) is 5.69 Å². The number of carbonyl (C=O) groups is 2. The second kappa shape index (κ2) is 9.06. The van der Waals surface area contributed by atoms with E-state index in [0.29, 0.717) is 4.21 Å². The zero-order chi connectivity index (χ0) is 24.5. The number of amides is 2. The highest BCUT2D eigenvalue weighted by molar-refractivity contribution is 8.01. The molecule has 1 aliphatic rings. The van der Waals surface area contributed by atoms with Crippen molar-refractivity contribution in [2.75, 3.05) is 10.6 Å². The number of nitrogens with one attached hydrogen (secondary N) is 2. The molecular weight excluding hydrogens is 493 g/mol. The lowest BCUT2D eigenvalue weighted by molar-refractivity contribution is -0.384. The number of nitrogens with zero attached hydrogens (tertiary/aromatic N) is 2. The van der Waals surface area contributed by atoms with Crippen molar-refractivity contribution >= 4 is 51.4 Å². The average Bonchev–Trinajstić information content (AvgIpc) is 3.50. The Labute approximate surface area is 198 Å². The molecule has 0 spiro atoms. The number of nitro benzene ring substituents is 1. The Balaban J connectivity index is 1.38. The van der Waals surface area contributed by atoms with Crippen LogP contribution in [0, 0.1) is 15.5 Å². The maximum Gasteiger partial charge on any atom is 0.416 e. The second-order valence-corrected chi connectivity index (χ2v) is 9.81. The van der Waals surface area contributed by atoms with Gasteiger partial charge in [0.1, 0.15) is 5.41 Å². The van der Waals surface area contributed by atoms with Gasteiger partial charge in [-0.05, 0) is 43.2 Å². The first-order valence-corrected chi connectivity index (χ1v) is 11.4. The summed E-state index contributed by atoms with van der Waals surface area (Å²) < 4.78 is 39.4. The molecule has 2 amide bonds. The Kier molecular flexibility index (Phi) is 6.32. The van der Waals surface area contributed by atoms with Crippen LogP contribution in [0.5, 0.6) is 0 Å². The molecule has 1 aromatic heterocycles. The van der Waals surface area contributed by atoms with Crippen molar-refractivity contribution in [3.05, 3.63) is 70.4 Å². The molecule has 4 rings (SSSR count). The number of carbonyl (C=O) groups excluding carboxylic acids is 2. The topological polar surface area (TPSA) is 114 Å². The predicted molar refractivity (Wildman–Crippen MR) is 120 cm³/mol. The van der Waals surface area contributed by atoms with Crippen LogP contribution in [0.4, 0.5) is 29.7 Å². The number of alkyl halides is 3. The maximum atomic E-state index is 12.9. The van der Waals surface area contributed by atoms with Gasteiger partial charge in [-0.1, -0.05) is 29.2 Å². The molecule has 0 atom stereocenters. The molecule has 0 aliphatic heterocycles. The van der Waals surface area contributed by atoms with E-state index in [1.54, 1.807) is 12.1 Å². The minimum atomic E-state index is -4.55. The van der Waals surface area contributed by atoms with Gasteiger partial charge in [-0.15, -0.1) is 0 Å². The Morgan fingerprint density at radius 2 is 1.76 bits per heavy atom. The highest BCUT2D eigenvalue weighted by Gasteiger charge is 2.56. The maximum absolute atomic E-state index is 12.9. The molecular formula is C21H15F3N4O4S2. The van der Waals surface area contributed by atoms with Gasteiger partial charge in [-0.3, -0.25) is 19.7 Å². The van der Waals surface area contributed by atoms with Gasteiger partial charge in [-0.25, -0.2) is 4.98 Å². The Morgan fingerprint density at radius 3 is 2.38 bits per heavy atom. The molecule has 0 unspecified atom stereocenters. The third-order valence-corrected chi connectivity index (χ3v) is 7.06. The van der Waals surface area contributed by atoms with Gasteiger partial charge in [0.05, 0.1) is 20.9 Å². The van der Waals surface area contributed by atoms with Crippen molar-refractivity contribution < 1.29 is 27.7 Å². The summed E-state index contributed by atoms with van der Waals surface area (Å²) in [4.78, 5) is 40.6. The zero-order valence-corrected chi connectivity index (χ0v) is 18.7. The van der Waals surface area contributed by atoms with E-state index in [-0.39, 0.29) is 29.3 Å². The SMILES string of the molecule is O=C(Nc1cccc(C(F)(F)F)c1)C1(C(=O)Nc2ncc(Sc3ccc([N+](=O)[O-])cc3)s2)CC1. The van der Waals surface area contributed by atoms with Gasteiger partial charge in [0.2, 0.25) is 11.8 Å². The number of non-ortho nitro benzene ring substituents is 1. The molecule has 1 aliphatic carbocycles. The fraction of sp³-hybridized carbons (Fsp3) is 0.190. The molecule has 3 aromatic rings. The summed E-state index contributed by atoms with van der Waals surface area (Å²) in [5.74, 6) is -1.26. The molecule has 176 valence electrons. The summed E-state index contributed by atoms with van der Waals surface area (Å²) in [6.07, 6.45) is -2.50. The number of rotatable bonds is 7. The van der Waals surface area contributed by atoms with E-state index < -0.39 is 33.9 Å².